The van der Waals surface area contributed by atoms with E-state index in [1.54, 1.807) is 0 Å². The molecular weight excluding hydrogens is 227 g/mol. The lowest BCUT2D eigenvalue weighted by Crippen LogP contribution is -2.25. The van der Waals surface area contributed by atoms with Gasteiger partial charge in [-0.15, -0.1) is 0 Å². The maximum Gasteiger partial charge on any atom is 0.346 e. The molecule has 0 saturated carbocycles. The predicted molar refractivity (Wildman–Crippen MR) is 59.1 cm³/mol. The van der Waals surface area contributed by atoms with Gasteiger partial charge in [-0.05, 0) is 32.0 Å². The van der Waals surface area contributed by atoms with E-state index in [1.807, 2.05) is 0 Å². The van der Waals surface area contributed by atoms with Gasteiger partial charge in [-0.25, -0.2) is 9.18 Å². The van der Waals surface area contributed by atoms with Gasteiger partial charge >= 0.3 is 5.97 Å². The zero-order chi connectivity index (χ0) is 13.0. The third kappa shape index (κ3) is 3.42. The zero-order valence-electron chi connectivity index (χ0n) is 9.94. The minimum Gasteiger partial charge on any atom is -0.479 e. The molecule has 2 atom stereocenters. The molecule has 1 unspecified atom stereocenters. The van der Waals surface area contributed by atoms with Crippen LogP contribution in [0.3, 0.4) is 0 Å². The largest absolute Gasteiger partial charge is 0.479 e. The second kappa shape index (κ2) is 5.63. The first-order valence-corrected chi connectivity index (χ1v) is 5.17. The average molecular weight is 242 g/mol. The maximum absolute atomic E-state index is 13.0. The van der Waals surface area contributed by atoms with Crippen LogP contribution in [0.1, 0.15) is 25.5 Å². The lowest BCUT2D eigenvalue weighted by molar-refractivity contribution is -0.147. The van der Waals surface area contributed by atoms with E-state index in [4.69, 9.17) is 4.74 Å². The summed E-state index contributed by atoms with van der Waals surface area (Å²) in [6.07, 6.45) is -1.70. The van der Waals surface area contributed by atoms with E-state index >= 15 is 0 Å². The monoisotopic (exact) mass is 242 g/mol. The Morgan fingerprint density at radius 1 is 1.41 bits per heavy atom. The van der Waals surface area contributed by atoms with Crippen LogP contribution in [0, 0.1) is 5.82 Å². The van der Waals surface area contributed by atoms with Gasteiger partial charge in [0.2, 0.25) is 0 Å². The zero-order valence-corrected chi connectivity index (χ0v) is 9.94. The Hall–Kier alpha value is -1.62. The summed E-state index contributed by atoms with van der Waals surface area (Å²) in [4.78, 5) is 11.2. The number of esters is 1. The first-order chi connectivity index (χ1) is 7.95. The Kier molecular flexibility index (Phi) is 4.45. The summed E-state index contributed by atoms with van der Waals surface area (Å²) in [5, 5.41) is 9.47. The van der Waals surface area contributed by atoms with Gasteiger partial charge in [0.05, 0.1) is 13.2 Å². The molecule has 1 N–H and O–H groups in total. The molecular formula is C12H15FO4. The molecule has 0 bridgehead atoms. The van der Waals surface area contributed by atoms with Crippen molar-refractivity contribution in [3.8, 4) is 5.75 Å². The number of rotatable bonds is 4. The molecule has 0 aromatic heterocycles. The Balaban J connectivity index is 2.94. The fourth-order valence-electron chi connectivity index (χ4n) is 1.36. The van der Waals surface area contributed by atoms with Gasteiger partial charge in [-0.1, -0.05) is 0 Å². The van der Waals surface area contributed by atoms with Crippen molar-refractivity contribution >= 4 is 5.97 Å². The Bertz CT molecular complexity index is 403. The lowest BCUT2D eigenvalue weighted by atomic mass is 10.1. The minimum atomic E-state index is -0.884. The summed E-state index contributed by atoms with van der Waals surface area (Å²) in [5.74, 6) is -0.746. The molecule has 1 aromatic carbocycles. The summed E-state index contributed by atoms with van der Waals surface area (Å²) in [6, 6.07) is 3.74. The number of carbonyl (C=O) groups excluding carboxylic acids is 1. The third-order valence-electron chi connectivity index (χ3n) is 2.26. The van der Waals surface area contributed by atoms with E-state index in [2.05, 4.69) is 4.74 Å². The molecule has 0 heterocycles. The molecule has 0 saturated heterocycles. The first-order valence-electron chi connectivity index (χ1n) is 5.17. The molecule has 0 aliphatic rings. The van der Waals surface area contributed by atoms with Crippen LogP contribution in [0.4, 0.5) is 4.39 Å². The van der Waals surface area contributed by atoms with Crippen molar-refractivity contribution < 1.29 is 23.8 Å². The van der Waals surface area contributed by atoms with Crippen LogP contribution in [-0.4, -0.2) is 24.3 Å². The molecule has 1 aromatic rings. The number of hydrogen-bond donors (Lipinski definition) is 1. The van der Waals surface area contributed by atoms with E-state index in [-0.39, 0.29) is 5.75 Å². The maximum atomic E-state index is 13.0. The Morgan fingerprint density at radius 2 is 2.06 bits per heavy atom. The van der Waals surface area contributed by atoms with E-state index < -0.39 is 24.0 Å². The van der Waals surface area contributed by atoms with Crippen LogP contribution in [0.2, 0.25) is 0 Å². The normalized spacial score (nSPS) is 13.9. The molecule has 17 heavy (non-hydrogen) atoms. The molecule has 5 heteroatoms. The van der Waals surface area contributed by atoms with Crippen molar-refractivity contribution in [1.29, 1.82) is 0 Å². The van der Waals surface area contributed by atoms with Crippen molar-refractivity contribution in [2.45, 2.75) is 26.1 Å². The van der Waals surface area contributed by atoms with Gasteiger partial charge in [0, 0.05) is 5.56 Å². The molecule has 1 rings (SSSR count). The van der Waals surface area contributed by atoms with Gasteiger partial charge in [0.1, 0.15) is 11.6 Å². The number of aliphatic hydroxyl groups is 1. The molecule has 0 aliphatic heterocycles. The van der Waals surface area contributed by atoms with E-state index in [0.717, 1.165) is 0 Å². The highest BCUT2D eigenvalue weighted by atomic mass is 19.1. The molecule has 4 nitrogen and oxygen atoms in total. The average Bonchev–Trinajstić information content (AvgIpc) is 2.29. The molecule has 0 radical (unpaired) electrons. The number of methoxy groups -OCH3 is 1. The van der Waals surface area contributed by atoms with Crippen LogP contribution in [0.5, 0.6) is 5.75 Å². The molecule has 0 aliphatic carbocycles. The van der Waals surface area contributed by atoms with Crippen LogP contribution in [0.25, 0.3) is 0 Å². The highest BCUT2D eigenvalue weighted by Gasteiger charge is 2.18. The van der Waals surface area contributed by atoms with Gasteiger partial charge < -0.3 is 14.6 Å². The van der Waals surface area contributed by atoms with Crippen molar-refractivity contribution in [3.05, 3.63) is 29.6 Å². The summed E-state index contributed by atoms with van der Waals surface area (Å²) in [7, 11) is 1.25. The van der Waals surface area contributed by atoms with E-state index in [9.17, 15) is 14.3 Å². The molecule has 0 fully saturated rings. The number of halogens is 1. The van der Waals surface area contributed by atoms with Crippen molar-refractivity contribution in [2.75, 3.05) is 7.11 Å². The molecule has 0 amide bonds. The second-order valence-electron chi connectivity index (χ2n) is 3.64. The highest BCUT2D eigenvalue weighted by molar-refractivity contribution is 5.74. The van der Waals surface area contributed by atoms with E-state index in [1.165, 1.54) is 39.2 Å². The van der Waals surface area contributed by atoms with E-state index in [0.29, 0.717) is 5.56 Å². The van der Waals surface area contributed by atoms with Crippen LogP contribution in [-0.2, 0) is 9.53 Å². The SMILES string of the molecule is COC(=O)C(C)Oc1ccc(F)cc1[C@H](C)O. The molecule has 94 valence electrons. The Morgan fingerprint density at radius 3 is 2.59 bits per heavy atom. The summed E-state index contributed by atoms with van der Waals surface area (Å²) < 4.78 is 22.8. The fourth-order valence-corrected chi connectivity index (χ4v) is 1.36. The summed E-state index contributed by atoms with van der Waals surface area (Å²) in [6.45, 7) is 3.01. The summed E-state index contributed by atoms with van der Waals surface area (Å²) in [5.41, 5.74) is 0.292. The number of aliphatic hydroxyl groups excluding tert-OH is 1. The van der Waals surface area contributed by atoms with Gasteiger partial charge in [0.15, 0.2) is 6.10 Å². The Labute approximate surface area is 99.0 Å². The molecule has 0 spiro atoms. The van der Waals surface area contributed by atoms with Crippen LogP contribution < -0.4 is 4.74 Å². The summed E-state index contributed by atoms with van der Waals surface area (Å²) >= 11 is 0. The number of carbonyl (C=O) groups is 1. The standard InChI is InChI=1S/C12H15FO4/c1-7(14)10-6-9(13)4-5-11(10)17-8(2)12(15)16-3/h4-8,14H,1-3H3/t7-,8?/m0/s1. The number of benzene rings is 1. The topological polar surface area (TPSA) is 55.8 Å². The second-order valence-corrected chi connectivity index (χ2v) is 3.64. The van der Waals surface area contributed by atoms with Crippen LogP contribution >= 0.6 is 0 Å². The highest BCUT2D eigenvalue weighted by Crippen LogP contribution is 2.26. The van der Waals surface area contributed by atoms with Gasteiger partial charge in [-0.3, -0.25) is 0 Å². The predicted octanol–water partition coefficient (Wildman–Crippen LogP) is 1.82. The minimum absolute atomic E-state index is 0.263. The lowest BCUT2D eigenvalue weighted by Gasteiger charge is -2.17. The smallest absolute Gasteiger partial charge is 0.346 e. The third-order valence-corrected chi connectivity index (χ3v) is 2.26. The fraction of sp³-hybridized carbons (Fsp3) is 0.417. The first kappa shape index (κ1) is 13.4. The quantitative estimate of drug-likeness (QED) is 0.818. The van der Waals surface area contributed by atoms with Crippen LogP contribution in [0.15, 0.2) is 18.2 Å². The van der Waals surface area contributed by atoms with Crippen molar-refractivity contribution in [1.82, 2.24) is 0 Å². The number of hydrogen-bond acceptors (Lipinski definition) is 4. The van der Waals surface area contributed by atoms with Crippen molar-refractivity contribution in [2.24, 2.45) is 0 Å². The van der Waals surface area contributed by atoms with Gasteiger partial charge in [-0.2, -0.15) is 0 Å². The van der Waals surface area contributed by atoms with Gasteiger partial charge in [0.25, 0.3) is 0 Å². The number of ether oxygens (including phenoxy) is 2. The van der Waals surface area contributed by atoms with Crippen molar-refractivity contribution in [3.63, 3.8) is 0 Å².